The van der Waals surface area contributed by atoms with Crippen LogP contribution < -0.4 is 16.4 Å². The van der Waals surface area contributed by atoms with E-state index in [0.717, 1.165) is 0 Å². The van der Waals surface area contributed by atoms with Crippen LogP contribution >= 0.6 is 0 Å². The largest absolute Gasteiger partial charge is 0.383 e. The average molecular weight is 284 g/mol. The molecule has 0 bridgehead atoms. The number of hydrogen-bond donors (Lipinski definition) is 3. The summed E-state index contributed by atoms with van der Waals surface area (Å²) in [6.45, 7) is 2.01. The summed E-state index contributed by atoms with van der Waals surface area (Å²) in [7, 11) is 1.51. The van der Waals surface area contributed by atoms with Crippen LogP contribution in [0.25, 0.3) is 0 Å². The molecule has 0 aliphatic carbocycles. The Morgan fingerprint density at radius 2 is 2.20 bits per heavy atom. The van der Waals surface area contributed by atoms with Crippen molar-refractivity contribution in [1.29, 1.82) is 0 Å². The molecule has 1 amide bonds. The summed E-state index contributed by atoms with van der Waals surface area (Å²) in [5.74, 6) is -0.525. The highest BCUT2D eigenvalue weighted by Gasteiger charge is 2.21. The number of aromatic nitrogens is 2. The van der Waals surface area contributed by atoms with Crippen LogP contribution in [0, 0.1) is 17.0 Å². The number of nitrogen functional groups attached to an aromatic ring is 1. The first-order valence-electron chi connectivity index (χ1n) is 5.73. The number of amides is 1. The molecule has 0 atom stereocenters. The Hall–Kier alpha value is -2.49. The molecular formula is C10H16N6O4. The SMILES string of the molecule is COCCNC(=O)CNc1nc(N)nc(C)c1[N+](=O)[O-]. The molecule has 10 nitrogen and oxygen atoms in total. The van der Waals surface area contributed by atoms with Gasteiger partial charge in [-0.3, -0.25) is 14.9 Å². The van der Waals surface area contributed by atoms with Gasteiger partial charge in [0, 0.05) is 13.7 Å². The number of nitrogens with one attached hydrogen (secondary N) is 2. The summed E-state index contributed by atoms with van der Waals surface area (Å²) >= 11 is 0. The van der Waals surface area contributed by atoms with Gasteiger partial charge in [-0.2, -0.15) is 4.98 Å². The number of rotatable bonds is 7. The molecule has 0 fully saturated rings. The van der Waals surface area contributed by atoms with Crippen molar-refractivity contribution in [3.05, 3.63) is 15.8 Å². The first-order chi connectivity index (χ1) is 9.45. The van der Waals surface area contributed by atoms with E-state index in [1.54, 1.807) is 0 Å². The summed E-state index contributed by atoms with van der Waals surface area (Å²) in [4.78, 5) is 29.2. The predicted octanol–water partition coefficient (Wildman–Crippen LogP) is -0.550. The number of carbonyl (C=O) groups excluding carboxylic acids is 1. The fourth-order valence-corrected chi connectivity index (χ4v) is 1.45. The molecular weight excluding hydrogens is 268 g/mol. The van der Waals surface area contributed by atoms with Crippen LogP contribution in [0.2, 0.25) is 0 Å². The molecule has 0 aliphatic rings. The van der Waals surface area contributed by atoms with Gasteiger partial charge < -0.3 is 21.1 Å². The maximum absolute atomic E-state index is 11.5. The Kier molecular flexibility index (Phi) is 5.59. The molecule has 0 spiro atoms. The van der Waals surface area contributed by atoms with Gasteiger partial charge in [0.05, 0.1) is 18.1 Å². The number of aryl methyl sites for hydroxylation is 1. The van der Waals surface area contributed by atoms with Gasteiger partial charge in [0.2, 0.25) is 17.7 Å². The number of anilines is 2. The van der Waals surface area contributed by atoms with Gasteiger partial charge in [-0.15, -0.1) is 0 Å². The van der Waals surface area contributed by atoms with Crippen LogP contribution in [-0.2, 0) is 9.53 Å². The quantitative estimate of drug-likeness (QED) is 0.343. The standard InChI is InChI=1S/C10H16N6O4/c1-6-8(16(18)19)9(15-10(11)14-6)13-5-7(17)12-3-4-20-2/h3-5H2,1-2H3,(H,12,17)(H3,11,13,14,15). The summed E-state index contributed by atoms with van der Waals surface area (Å²) < 4.78 is 4.78. The minimum atomic E-state index is -0.625. The van der Waals surface area contributed by atoms with Crippen LogP contribution in [0.15, 0.2) is 0 Å². The third-order valence-electron chi connectivity index (χ3n) is 2.30. The second kappa shape index (κ2) is 7.19. The Morgan fingerprint density at radius 1 is 1.50 bits per heavy atom. The van der Waals surface area contributed by atoms with E-state index >= 15 is 0 Å². The van der Waals surface area contributed by atoms with E-state index in [9.17, 15) is 14.9 Å². The fraction of sp³-hybridized carbons (Fsp3) is 0.500. The van der Waals surface area contributed by atoms with E-state index in [4.69, 9.17) is 10.5 Å². The van der Waals surface area contributed by atoms with Crippen molar-refractivity contribution in [3.63, 3.8) is 0 Å². The van der Waals surface area contributed by atoms with Gasteiger partial charge in [0.1, 0.15) is 5.69 Å². The van der Waals surface area contributed by atoms with E-state index < -0.39 is 4.92 Å². The lowest BCUT2D eigenvalue weighted by molar-refractivity contribution is -0.385. The van der Waals surface area contributed by atoms with Crippen molar-refractivity contribution in [2.24, 2.45) is 0 Å². The maximum atomic E-state index is 11.5. The molecule has 1 aromatic heterocycles. The monoisotopic (exact) mass is 284 g/mol. The van der Waals surface area contributed by atoms with Gasteiger partial charge in [-0.1, -0.05) is 0 Å². The molecule has 10 heteroatoms. The molecule has 20 heavy (non-hydrogen) atoms. The lowest BCUT2D eigenvalue weighted by Gasteiger charge is -2.08. The van der Waals surface area contributed by atoms with Crippen molar-refractivity contribution in [3.8, 4) is 0 Å². The Balaban J connectivity index is 2.72. The van der Waals surface area contributed by atoms with E-state index in [1.807, 2.05) is 0 Å². The molecule has 1 aromatic rings. The van der Waals surface area contributed by atoms with Crippen molar-refractivity contribution >= 4 is 23.4 Å². The summed E-state index contributed by atoms with van der Waals surface area (Å²) in [6.07, 6.45) is 0. The number of carbonyl (C=O) groups is 1. The third-order valence-corrected chi connectivity index (χ3v) is 2.30. The van der Waals surface area contributed by atoms with E-state index in [0.29, 0.717) is 13.2 Å². The zero-order valence-corrected chi connectivity index (χ0v) is 11.2. The van der Waals surface area contributed by atoms with E-state index in [-0.39, 0.29) is 35.6 Å². The van der Waals surface area contributed by atoms with Crippen molar-refractivity contribution in [2.45, 2.75) is 6.92 Å². The lowest BCUT2D eigenvalue weighted by atomic mass is 10.3. The molecule has 1 heterocycles. The first-order valence-corrected chi connectivity index (χ1v) is 5.73. The number of nitro groups is 1. The number of ether oxygens (including phenoxy) is 1. The van der Waals surface area contributed by atoms with Crippen LogP contribution in [0.1, 0.15) is 5.69 Å². The second-order valence-corrected chi connectivity index (χ2v) is 3.82. The maximum Gasteiger partial charge on any atom is 0.332 e. The van der Waals surface area contributed by atoms with Crippen LogP contribution in [0.3, 0.4) is 0 Å². The van der Waals surface area contributed by atoms with Gasteiger partial charge in [-0.05, 0) is 6.92 Å². The molecule has 0 saturated carbocycles. The molecule has 4 N–H and O–H groups in total. The first kappa shape index (κ1) is 15.6. The highest BCUT2D eigenvalue weighted by molar-refractivity contribution is 5.81. The van der Waals surface area contributed by atoms with Crippen LogP contribution in [0.4, 0.5) is 17.5 Å². The minimum Gasteiger partial charge on any atom is -0.383 e. The summed E-state index contributed by atoms with van der Waals surface area (Å²) in [5, 5.41) is 16.1. The highest BCUT2D eigenvalue weighted by Crippen LogP contribution is 2.25. The smallest absolute Gasteiger partial charge is 0.332 e. The summed E-state index contributed by atoms with van der Waals surface area (Å²) in [5.41, 5.74) is 5.26. The van der Waals surface area contributed by atoms with Crippen LogP contribution in [-0.4, -0.2) is 47.6 Å². The minimum absolute atomic E-state index is 0.0816. The lowest BCUT2D eigenvalue weighted by Crippen LogP contribution is -2.32. The third kappa shape index (κ3) is 4.31. The van der Waals surface area contributed by atoms with Crippen molar-refractivity contribution < 1.29 is 14.5 Å². The zero-order valence-electron chi connectivity index (χ0n) is 11.2. The van der Waals surface area contributed by atoms with E-state index in [1.165, 1.54) is 14.0 Å². The number of nitrogens with zero attached hydrogens (tertiary/aromatic N) is 3. The van der Waals surface area contributed by atoms with Crippen LogP contribution in [0.5, 0.6) is 0 Å². The molecule has 0 saturated heterocycles. The Labute approximate surface area is 114 Å². The van der Waals surface area contributed by atoms with Gasteiger partial charge >= 0.3 is 5.69 Å². The predicted molar refractivity (Wildman–Crippen MR) is 71.2 cm³/mol. The normalized spacial score (nSPS) is 10.1. The van der Waals surface area contributed by atoms with E-state index in [2.05, 4.69) is 20.6 Å². The number of nitrogens with two attached hydrogens (primary N) is 1. The molecule has 1 rings (SSSR count). The zero-order chi connectivity index (χ0) is 15.1. The van der Waals surface area contributed by atoms with Crippen molar-refractivity contribution in [1.82, 2.24) is 15.3 Å². The molecule has 0 aliphatic heterocycles. The van der Waals surface area contributed by atoms with Gasteiger partial charge in [-0.25, -0.2) is 4.98 Å². The number of hydrogen-bond acceptors (Lipinski definition) is 8. The average Bonchev–Trinajstić information content (AvgIpc) is 2.35. The number of methoxy groups -OCH3 is 1. The second-order valence-electron chi connectivity index (χ2n) is 3.82. The molecule has 0 radical (unpaired) electrons. The van der Waals surface area contributed by atoms with Gasteiger partial charge in [0.15, 0.2) is 0 Å². The van der Waals surface area contributed by atoms with Crippen molar-refractivity contribution in [2.75, 3.05) is 37.9 Å². The highest BCUT2D eigenvalue weighted by atomic mass is 16.6. The molecule has 0 unspecified atom stereocenters. The molecule has 0 aromatic carbocycles. The van der Waals surface area contributed by atoms with Gasteiger partial charge in [0.25, 0.3) is 0 Å². The molecule has 110 valence electrons. The topological polar surface area (TPSA) is 145 Å². The Morgan fingerprint density at radius 3 is 2.80 bits per heavy atom. The Bertz CT molecular complexity index is 507. The fourth-order valence-electron chi connectivity index (χ4n) is 1.45. The summed E-state index contributed by atoms with van der Waals surface area (Å²) in [6, 6.07) is 0.